The third-order valence-corrected chi connectivity index (χ3v) is 3.41. The molecule has 0 saturated carbocycles. The molecule has 2 aromatic heterocycles. The van der Waals surface area contributed by atoms with Crippen LogP contribution in [0, 0.1) is 0 Å². The van der Waals surface area contributed by atoms with Crippen LogP contribution in [0.4, 0.5) is 0 Å². The Kier molecular flexibility index (Phi) is 4.76. The number of nitrogens with zero attached hydrogens (tertiary/aromatic N) is 4. The van der Waals surface area contributed by atoms with Gasteiger partial charge in [-0.25, -0.2) is 9.97 Å². The van der Waals surface area contributed by atoms with Crippen LogP contribution in [0.3, 0.4) is 0 Å². The Hall–Kier alpha value is -3.49. The number of carbonyl (C=O) groups excluding carboxylic acids is 2. The fourth-order valence-electron chi connectivity index (χ4n) is 2.46. The summed E-state index contributed by atoms with van der Waals surface area (Å²) in [7, 11) is 0. The van der Waals surface area contributed by atoms with Gasteiger partial charge in [0.1, 0.15) is 17.9 Å². The fourth-order valence-corrected chi connectivity index (χ4v) is 2.46. The van der Waals surface area contributed by atoms with Crippen molar-refractivity contribution in [3.05, 3.63) is 42.4 Å². The number of hydrogen-bond donors (Lipinski definition) is 1. The Bertz CT molecular complexity index is 992. The Morgan fingerprint density at radius 2 is 1.89 bits per heavy atom. The van der Waals surface area contributed by atoms with E-state index in [4.69, 9.17) is 15.2 Å². The van der Waals surface area contributed by atoms with Crippen LogP contribution >= 0.6 is 0 Å². The molecule has 3 aromatic rings. The number of amides is 1. The molecule has 1 amide bonds. The molecule has 2 heterocycles. The average Bonchev–Trinajstić information content (AvgIpc) is 2.92. The topological polar surface area (TPSA) is 122 Å². The van der Waals surface area contributed by atoms with Gasteiger partial charge >= 0.3 is 12.0 Å². The van der Waals surface area contributed by atoms with Crippen LogP contribution in [0.1, 0.15) is 31.3 Å². The zero-order valence-corrected chi connectivity index (χ0v) is 15.2. The number of fused-ring (bicyclic) bond motifs is 1. The van der Waals surface area contributed by atoms with Gasteiger partial charge < -0.3 is 15.2 Å². The lowest BCUT2D eigenvalue weighted by atomic mass is 10.2. The van der Waals surface area contributed by atoms with E-state index in [2.05, 4.69) is 15.1 Å². The highest BCUT2D eigenvalue weighted by molar-refractivity contribution is 6.04. The van der Waals surface area contributed by atoms with Gasteiger partial charge in [0.2, 0.25) is 0 Å². The second-order valence-electron chi connectivity index (χ2n) is 6.77. The third-order valence-electron chi connectivity index (χ3n) is 3.41. The van der Waals surface area contributed by atoms with Gasteiger partial charge in [-0.1, -0.05) is 0 Å². The standard InChI is InChI=1S/C18H19N5O4/c1-18(2,3)27-14(24)10-23-13-6-5-11(26-17-20-7-4-8-21-17)9-12(13)15(22-23)16(19)25/h4-9H,10H2,1-3H3,(H2,19,25). The van der Waals surface area contributed by atoms with Crippen LogP contribution in [0.15, 0.2) is 36.7 Å². The summed E-state index contributed by atoms with van der Waals surface area (Å²) in [6.07, 6.45) is 3.10. The molecule has 0 atom stereocenters. The molecule has 3 rings (SSSR count). The monoisotopic (exact) mass is 369 g/mol. The first kappa shape index (κ1) is 18.3. The summed E-state index contributed by atoms with van der Waals surface area (Å²) in [5.41, 5.74) is 5.40. The lowest BCUT2D eigenvalue weighted by Crippen LogP contribution is -2.27. The van der Waals surface area contributed by atoms with Gasteiger partial charge in [0, 0.05) is 17.8 Å². The van der Waals surface area contributed by atoms with Crippen molar-refractivity contribution in [2.75, 3.05) is 0 Å². The molecule has 0 saturated heterocycles. The number of carbonyl (C=O) groups is 2. The SMILES string of the molecule is CC(C)(C)OC(=O)Cn1nc(C(N)=O)c2cc(Oc3ncccn3)ccc21. The van der Waals surface area contributed by atoms with E-state index in [-0.39, 0.29) is 18.2 Å². The molecular formula is C18H19N5O4. The molecule has 9 nitrogen and oxygen atoms in total. The summed E-state index contributed by atoms with van der Waals surface area (Å²) in [4.78, 5) is 31.9. The number of benzene rings is 1. The zero-order chi connectivity index (χ0) is 19.6. The quantitative estimate of drug-likeness (QED) is 0.683. The Labute approximate surface area is 155 Å². The van der Waals surface area contributed by atoms with Gasteiger partial charge in [-0.05, 0) is 45.0 Å². The van der Waals surface area contributed by atoms with E-state index >= 15 is 0 Å². The highest BCUT2D eigenvalue weighted by atomic mass is 16.6. The minimum absolute atomic E-state index is 0.0352. The summed E-state index contributed by atoms with van der Waals surface area (Å²) >= 11 is 0. The van der Waals surface area contributed by atoms with Crippen molar-refractivity contribution in [3.63, 3.8) is 0 Å². The first-order chi connectivity index (χ1) is 12.7. The minimum atomic E-state index is -0.712. The van der Waals surface area contributed by atoms with Gasteiger partial charge in [0.05, 0.1) is 5.52 Å². The van der Waals surface area contributed by atoms with Crippen LogP contribution in [-0.4, -0.2) is 37.2 Å². The van der Waals surface area contributed by atoms with Crippen LogP contribution in [-0.2, 0) is 16.1 Å². The Balaban J connectivity index is 1.95. The molecule has 2 N–H and O–H groups in total. The highest BCUT2D eigenvalue weighted by Crippen LogP contribution is 2.26. The number of hydrogen-bond acceptors (Lipinski definition) is 7. The Morgan fingerprint density at radius 3 is 2.52 bits per heavy atom. The molecule has 0 aliphatic rings. The summed E-state index contributed by atoms with van der Waals surface area (Å²) in [5.74, 6) is -0.773. The molecule has 0 bridgehead atoms. The smallest absolute Gasteiger partial charge is 0.328 e. The summed E-state index contributed by atoms with van der Waals surface area (Å²) < 4.78 is 12.3. The van der Waals surface area contributed by atoms with Gasteiger partial charge in [-0.2, -0.15) is 5.10 Å². The second kappa shape index (κ2) is 7.02. The van der Waals surface area contributed by atoms with Crippen molar-refractivity contribution in [2.45, 2.75) is 32.9 Å². The molecule has 0 aliphatic carbocycles. The molecule has 0 unspecified atom stereocenters. The molecule has 27 heavy (non-hydrogen) atoms. The van der Waals surface area contributed by atoms with E-state index in [0.717, 1.165) is 0 Å². The first-order valence-corrected chi connectivity index (χ1v) is 8.20. The van der Waals surface area contributed by atoms with E-state index in [1.165, 1.54) is 4.68 Å². The van der Waals surface area contributed by atoms with Gasteiger partial charge in [-0.3, -0.25) is 14.3 Å². The van der Waals surface area contributed by atoms with Gasteiger partial charge in [0.25, 0.3) is 5.91 Å². The molecular weight excluding hydrogens is 350 g/mol. The minimum Gasteiger partial charge on any atom is -0.459 e. The molecule has 1 aromatic carbocycles. The number of primary amides is 1. The fraction of sp³-hybridized carbons (Fsp3) is 0.278. The zero-order valence-electron chi connectivity index (χ0n) is 15.2. The van der Waals surface area contributed by atoms with Crippen molar-refractivity contribution in [3.8, 4) is 11.8 Å². The molecule has 0 aliphatic heterocycles. The molecule has 140 valence electrons. The first-order valence-electron chi connectivity index (χ1n) is 8.20. The van der Waals surface area contributed by atoms with Crippen molar-refractivity contribution in [1.82, 2.24) is 19.7 Å². The second-order valence-corrected chi connectivity index (χ2v) is 6.77. The van der Waals surface area contributed by atoms with Crippen molar-refractivity contribution in [2.24, 2.45) is 5.73 Å². The van der Waals surface area contributed by atoms with Crippen LogP contribution in [0.25, 0.3) is 10.9 Å². The Morgan fingerprint density at radius 1 is 1.19 bits per heavy atom. The van der Waals surface area contributed by atoms with E-state index in [0.29, 0.717) is 16.7 Å². The van der Waals surface area contributed by atoms with Crippen molar-refractivity contribution < 1.29 is 19.1 Å². The van der Waals surface area contributed by atoms with Gasteiger partial charge in [-0.15, -0.1) is 0 Å². The number of rotatable bonds is 5. The van der Waals surface area contributed by atoms with Gasteiger partial charge in [0.15, 0.2) is 5.69 Å². The van der Waals surface area contributed by atoms with Crippen LogP contribution in [0.2, 0.25) is 0 Å². The third kappa shape index (κ3) is 4.38. The summed E-state index contributed by atoms with van der Waals surface area (Å²) in [6, 6.07) is 6.78. The maximum absolute atomic E-state index is 12.1. The molecule has 0 fully saturated rings. The average molecular weight is 369 g/mol. The molecule has 0 radical (unpaired) electrons. The number of esters is 1. The van der Waals surface area contributed by atoms with Crippen LogP contribution in [0.5, 0.6) is 11.8 Å². The number of nitrogens with two attached hydrogens (primary N) is 1. The predicted octanol–water partition coefficient (Wildman–Crippen LogP) is 2.06. The largest absolute Gasteiger partial charge is 0.459 e. The lowest BCUT2D eigenvalue weighted by molar-refractivity contribution is -0.155. The lowest BCUT2D eigenvalue weighted by Gasteiger charge is -2.19. The van der Waals surface area contributed by atoms with E-state index < -0.39 is 17.5 Å². The highest BCUT2D eigenvalue weighted by Gasteiger charge is 2.21. The normalized spacial score (nSPS) is 11.4. The molecule has 9 heteroatoms. The predicted molar refractivity (Wildman–Crippen MR) is 96.2 cm³/mol. The van der Waals surface area contributed by atoms with Crippen LogP contribution < -0.4 is 10.5 Å². The van der Waals surface area contributed by atoms with Crippen molar-refractivity contribution >= 4 is 22.8 Å². The number of ether oxygens (including phenoxy) is 2. The number of aromatic nitrogens is 4. The van der Waals surface area contributed by atoms with E-state index in [1.807, 2.05) is 0 Å². The van der Waals surface area contributed by atoms with Crippen molar-refractivity contribution in [1.29, 1.82) is 0 Å². The van der Waals surface area contributed by atoms with E-state index in [1.54, 1.807) is 57.4 Å². The van der Waals surface area contributed by atoms with E-state index in [9.17, 15) is 9.59 Å². The summed E-state index contributed by atoms with van der Waals surface area (Å²) in [6.45, 7) is 5.17. The maximum Gasteiger partial charge on any atom is 0.328 e. The maximum atomic E-state index is 12.1. The summed E-state index contributed by atoms with van der Waals surface area (Å²) in [5, 5.41) is 4.62. The molecule has 0 spiro atoms.